The zero-order chi connectivity index (χ0) is 10.0. The second kappa shape index (κ2) is 3.35. The van der Waals surface area contributed by atoms with E-state index >= 15 is 0 Å². The number of methoxy groups -OCH3 is 1. The summed E-state index contributed by atoms with van der Waals surface area (Å²) in [5.74, 6) is -0.523. The number of carbonyl (C=O) groups excluding carboxylic acids is 1. The van der Waals surface area contributed by atoms with Gasteiger partial charge in [-0.1, -0.05) is 0 Å². The first-order chi connectivity index (χ1) is 6.06. The molecule has 0 heterocycles. The summed E-state index contributed by atoms with van der Waals surface area (Å²) in [5, 5.41) is 18.6. The van der Waals surface area contributed by atoms with Crippen molar-refractivity contribution in [3.63, 3.8) is 0 Å². The van der Waals surface area contributed by atoms with Gasteiger partial charge in [0.1, 0.15) is 5.75 Å². The average molecular weight is 182 g/mol. The standard InChI is InChI=1S/C9H10O4/c1-5(10)6-3-8(12)9(13-2)4-7(6)11/h3-4,11-12H,1-2H3. The monoisotopic (exact) mass is 182 g/mol. The number of phenolic OH excluding ortho intramolecular Hbond substituents is 2. The van der Waals surface area contributed by atoms with Gasteiger partial charge in [0.15, 0.2) is 17.3 Å². The summed E-state index contributed by atoms with van der Waals surface area (Å²) in [7, 11) is 1.36. The molecule has 0 bridgehead atoms. The fraction of sp³-hybridized carbons (Fsp3) is 0.222. The lowest BCUT2D eigenvalue weighted by atomic mass is 10.1. The van der Waals surface area contributed by atoms with Gasteiger partial charge in [0.2, 0.25) is 0 Å². The fourth-order valence-electron chi connectivity index (χ4n) is 1.00. The number of rotatable bonds is 2. The summed E-state index contributed by atoms with van der Waals surface area (Å²) in [6.07, 6.45) is 0. The third-order valence-corrected chi connectivity index (χ3v) is 1.68. The van der Waals surface area contributed by atoms with Gasteiger partial charge >= 0.3 is 0 Å². The summed E-state index contributed by atoms with van der Waals surface area (Å²) in [5.41, 5.74) is 0.0818. The summed E-state index contributed by atoms with van der Waals surface area (Å²) in [4.78, 5) is 10.9. The molecule has 70 valence electrons. The quantitative estimate of drug-likeness (QED) is 0.534. The maximum Gasteiger partial charge on any atom is 0.164 e. The van der Waals surface area contributed by atoms with Gasteiger partial charge in [0.05, 0.1) is 12.7 Å². The zero-order valence-electron chi connectivity index (χ0n) is 7.37. The van der Waals surface area contributed by atoms with E-state index in [-0.39, 0.29) is 28.6 Å². The van der Waals surface area contributed by atoms with Crippen molar-refractivity contribution in [1.82, 2.24) is 0 Å². The van der Waals surface area contributed by atoms with Crippen LogP contribution in [0.15, 0.2) is 12.1 Å². The van der Waals surface area contributed by atoms with Crippen LogP contribution < -0.4 is 4.74 Å². The summed E-state index contributed by atoms with van der Waals surface area (Å²) in [6, 6.07) is 2.38. The van der Waals surface area contributed by atoms with Gasteiger partial charge in [-0.15, -0.1) is 0 Å². The number of carbonyl (C=O) groups is 1. The molecule has 0 aliphatic carbocycles. The van der Waals surface area contributed by atoms with Crippen molar-refractivity contribution in [2.45, 2.75) is 6.92 Å². The third kappa shape index (κ3) is 1.72. The van der Waals surface area contributed by atoms with Crippen LogP contribution in [0.25, 0.3) is 0 Å². The molecule has 2 N–H and O–H groups in total. The summed E-state index contributed by atoms with van der Waals surface area (Å²) < 4.78 is 4.74. The number of ketones is 1. The predicted octanol–water partition coefficient (Wildman–Crippen LogP) is 1.31. The van der Waals surface area contributed by atoms with Crippen molar-refractivity contribution in [2.75, 3.05) is 7.11 Å². The van der Waals surface area contributed by atoms with Crippen LogP contribution in [0.5, 0.6) is 17.2 Å². The smallest absolute Gasteiger partial charge is 0.164 e. The molecule has 0 aromatic heterocycles. The fourth-order valence-corrected chi connectivity index (χ4v) is 1.00. The van der Waals surface area contributed by atoms with Crippen molar-refractivity contribution in [1.29, 1.82) is 0 Å². The lowest BCUT2D eigenvalue weighted by Crippen LogP contribution is -1.93. The van der Waals surface area contributed by atoms with Crippen LogP contribution in [-0.4, -0.2) is 23.1 Å². The van der Waals surface area contributed by atoms with Crippen LogP contribution in [0.1, 0.15) is 17.3 Å². The SMILES string of the molecule is COc1cc(O)c(C(C)=O)cc1O. The van der Waals surface area contributed by atoms with Gasteiger partial charge in [-0.25, -0.2) is 0 Å². The Morgan fingerprint density at radius 3 is 2.38 bits per heavy atom. The largest absolute Gasteiger partial charge is 0.507 e. The normalized spacial score (nSPS) is 9.69. The van der Waals surface area contributed by atoms with Gasteiger partial charge in [0, 0.05) is 6.07 Å². The number of benzene rings is 1. The molecule has 0 aliphatic heterocycles. The second-order valence-electron chi connectivity index (χ2n) is 2.60. The van der Waals surface area contributed by atoms with E-state index in [2.05, 4.69) is 0 Å². The van der Waals surface area contributed by atoms with Crippen molar-refractivity contribution in [2.24, 2.45) is 0 Å². The molecule has 0 radical (unpaired) electrons. The minimum Gasteiger partial charge on any atom is -0.507 e. The molecule has 13 heavy (non-hydrogen) atoms. The van der Waals surface area contributed by atoms with Crippen LogP contribution in [-0.2, 0) is 0 Å². The van der Waals surface area contributed by atoms with Crippen molar-refractivity contribution < 1.29 is 19.7 Å². The lowest BCUT2D eigenvalue weighted by molar-refractivity contribution is 0.101. The van der Waals surface area contributed by atoms with E-state index in [1.807, 2.05) is 0 Å². The first-order valence-electron chi connectivity index (χ1n) is 3.67. The van der Waals surface area contributed by atoms with Gasteiger partial charge in [-0.3, -0.25) is 4.79 Å². The Kier molecular flexibility index (Phi) is 2.41. The highest BCUT2D eigenvalue weighted by Crippen LogP contribution is 2.33. The maximum atomic E-state index is 10.9. The van der Waals surface area contributed by atoms with E-state index in [0.717, 1.165) is 0 Å². The lowest BCUT2D eigenvalue weighted by Gasteiger charge is -2.06. The van der Waals surface area contributed by atoms with Crippen molar-refractivity contribution >= 4 is 5.78 Å². The number of aromatic hydroxyl groups is 2. The molecule has 0 fully saturated rings. The summed E-state index contributed by atoms with van der Waals surface area (Å²) >= 11 is 0. The number of hydrogen-bond acceptors (Lipinski definition) is 4. The van der Waals surface area contributed by atoms with Crippen LogP contribution in [0.2, 0.25) is 0 Å². The van der Waals surface area contributed by atoms with Gasteiger partial charge in [-0.2, -0.15) is 0 Å². The van der Waals surface area contributed by atoms with Crippen molar-refractivity contribution in [3.8, 4) is 17.2 Å². The van der Waals surface area contributed by atoms with E-state index in [1.165, 1.54) is 26.2 Å². The first-order valence-corrected chi connectivity index (χ1v) is 3.67. The number of Topliss-reactive ketones (excluding diaryl/α,β-unsaturated/α-hetero) is 1. The molecule has 0 saturated heterocycles. The molecule has 1 aromatic rings. The molecule has 0 unspecified atom stereocenters. The molecule has 0 amide bonds. The van der Waals surface area contributed by atoms with Gasteiger partial charge in [-0.05, 0) is 13.0 Å². The minimum atomic E-state index is -0.310. The Morgan fingerprint density at radius 2 is 1.92 bits per heavy atom. The molecule has 1 rings (SSSR count). The van der Waals surface area contributed by atoms with E-state index in [4.69, 9.17) is 4.74 Å². The minimum absolute atomic E-state index is 0.0818. The zero-order valence-corrected chi connectivity index (χ0v) is 7.37. The Hall–Kier alpha value is -1.71. The van der Waals surface area contributed by atoms with Gasteiger partial charge in [0.25, 0.3) is 0 Å². The Morgan fingerprint density at radius 1 is 1.31 bits per heavy atom. The molecule has 1 aromatic carbocycles. The molecular formula is C9H10O4. The highest BCUT2D eigenvalue weighted by atomic mass is 16.5. The van der Waals surface area contributed by atoms with Crippen LogP contribution >= 0.6 is 0 Å². The van der Waals surface area contributed by atoms with Crippen LogP contribution in [0, 0.1) is 0 Å². The highest BCUT2D eigenvalue weighted by Gasteiger charge is 2.11. The third-order valence-electron chi connectivity index (χ3n) is 1.68. The molecule has 4 nitrogen and oxygen atoms in total. The number of ether oxygens (including phenoxy) is 1. The van der Waals surface area contributed by atoms with Crippen LogP contribution in [0.3, 0.4) is 0 Å². The van der Waals surface area contributed by atoms with E-state index < -0.39 is 0 Å². The topological polar surface area (TPSA) is 66.8 Å². The highest BCUT2D eigenvalue weighted by molar-refractivity contribution is 5.97. The summed E-state index contributed by atoms with van der Waals surface area (Å²) in [6.45, 7) is 1.31. The molecule has 0 aliphatic rings. The molecular weight excluding hydrogens is 172 g/mol. The number of hydrogen-bond donors (Lipinski definition) is 2. The molecule has 4 heteroatoms. The van der Waals surface area contributed by atoms with Gasteiger partial charge < -0.3 is 14.9 Å². The Labute approximate surface area is 75.4 Å². The van der Waals surface area contributed by atoms with Crippen molar-refractivity contribution in [3.05, 3.63) is 17.7 Å². The maximum absolute atomic E-state index is 10.9. The predicted molar refractivity (Wildman–Crippen MR) is 46.3 cm³/mol. The van der Waals surface area contributed by atoms with Crippen LogP contribution in [0.4, 0.5) is 0 Å². The average Bonchev–Trinajstić information content (AvgIpc) is 2.07. The Balaban J connectivity index is 3.28. The van der Waals surface area contributed by atoms with E-state index in [9.17, 15) is 15.0 Å². The molecule has 0 spiro atoms. The second-order valence-corrected chi connectivity index (χ2v) is 2.60. The van der Waals surface area contributed by atoms with E-state index in [1.54, 1.807) is 0 Å². The first kappa shape index (κ1) is 9.38. The Bertz CT molecular complexity index is 344. The van der Waals surface area contributed by atoms with E-state index in [0.29, 0.717) is 0 Å². The molecule has 0 atom stereocenters. The molecule has 0 saturated carbocycles. The number of phenols is 2.